The Morgan fingerprint density at radius 3 is 2.95 bits per heavy atom. The van der Waals surface area contributed by atoms with Crippen molar-refractivity contribution in [1.82, 2.24) is 19.1 Å². The number of nitrogens with zero attached hydrogens (tertiary/aromatic N) is 3. The Morgan fingerprint density at radius 1 is 1.38 bits per heavy atom. The molecule has 0 bridgehead atoms. The van der Waals surface area contributed by atoms with Gasteiger partial charge >= 0.3 is 0 Å². The van der Waals surface area contributed by atoms with Gasteiger partial charge in [-0.2, -0.15) is 0 Å². The summed E-state index contributed by atoms with van der Waals surface area (Å²) in [6.45, 7) is 0.115. The number of sulfonamides is 1. The molecule has 4 N–H and O–H groups in total. The molecule has 3 rings (SSSR count). The van der Waals surface area contributed by atoms with Gasteiger partial charge in [0.05, 0.1) is 6.54 Å². The highest BCUT2D eigenvalue weighted by Crippen LogP contribution is 2.22. The predicted octanol–water partition coefficient (Wildman–Crippen LogP) is 0.555. The van der Waals surface area contributed by atoms with Crippen LogP contribution in [-0.4, -0.2) is 22.8 Å². The van der Waals surface area contributed by atoms with E-state index in [1.807, 2.05) is 0 Å². The minimum absolute atomic E-state index is 0.0304. The zero-order valence-electron chi connectivity index (χ0n) is 10.7. The van der Waals surface area contributed by atoms with Crippen molar-refractivity contribution >= 4 is 32.8 Å². The zero-order valence-corrected chi connectivity index (χ0v) is 12.4. The minimum atomic E-state index is -3.79. The largest absolute Gasteiger partial charge is 0.306 e. The van der Waals surface area contributed by atoms with Gasteiger partial charge in [0, 0.05) is 17.8 Å². The number of fused-ring (bicyclic) bond motifs is 1. The van der Waals surface area contributed by atoms with Crippen LogP contribution in [0.15, 0.2) is 41.0 Å². The molecule has 0 aliphatic rings. The highest BCUT2D eigenvalue weighted by molar-refractivity contribution is 7.89. The van der Waals surface area contributed by atoms with E-state index in [-0.39, 0.29) is 17.4 Å². The Morgan fingerprint density at radius 2 is 2.24 bits per heavy atom. The van der Waals surface area contributed by atoms with Gasteiger partial charge in [-0.15, -0.1) is 11.3 Å². The van der Waals surface area contributed by atoms with E-state index in [9.17, 15) is 8.42 Å². The van der Waals surface area contributed by atoms with Crippen LogP contribution in [-0.2, 0) is 16.6 Å². The van der Waals surface area contributed by atoms with Crippen LogP contribution >= 0.6 is 11.3 Å². The lowest BCUT2D eigenvalue weighted by atomic mass is 10.5. The molecule has 3 aromatic rings. The molecule has 0 atom stereocenters. The first-order valence-corrected chi connectivity index (χ1v) is 8.30. The Balaban J connectivity index is 2.01. The highest BCUT2D eigenvalue weighted by Gasteiger charge is 2.24. The number of thiazole rings is 1. The molecule has 0 unspecified atom stereocenters. The van der Waals surface area contributed by atoms with Crippen LogP contribution in [0.4, 0.5) is 5.82 Å². The van der Waals surface area contributed by atoms with Gasteiger partial charge in [0.15, 0.2) is 10.8 Å². The van der Waals surface area contributed by atoms with Crippen molar-refractivity contribution < 1.29 is 8.42 Å². The second kappa shape index (κ2) is 5.41. The smallest absolute Gasteiger partial charge is 0.260 e. The van der Waals surface area contributed by atoms with Crippen LogP contribution in [0.25, 0.3) is 5.65 Å². The SMILES string of the molecule is NNc1nc2ccccn2c1S(=O)(=O)NCc1nccs1. The molecule has 3 aromatic heterocycles. The number of anilines is 1. The van der Waals surface area contributed by atoms with Crippen molar-refractivity contribution in [3.05, 3.63) is 41.0 Å². The normalized spacial score (nSPS) is 11.9. The van der Waals surface area contributed by atoms with E-state index in [0.717, 1.165) is 0 Å². The van der Waals surface area contributed by atoms with Gasteiger partial charge in [-0.1, -0.05) is 6.07 Å². The summed E-state index contributed by atoms with van der Waals surface area (Å²) in [5.41, 5.74) is 2.81. The Labute approximate surface area is 124 Å². The maximum Gasteiger partial charge on any atom is 0.260 e. The van der Waals surface area contributed by atoms with Gasteiger partial charge in [0.2, 0.25) is 0 Å². The number of imidazole rings is 1. The van der Waals surface area contributed by atoms with Crippen molar-refractivity contribution in [2.75, 3.05) is 5.43 Å². The van der Waals surface area contributed by atoms with Crippen LogP contribution in [0, 0.1) is 0 Å². The lowest BCUT2D eigenvalue weighted by molar-refractivity contribution is 0.576. The summed E-state index contributed by atoms with van der Waals surface area (Å²) in [7, 11) is -3.79. The maximum absolute atomic E-state index is 12.5. The fourth-order valence-electron chi connectivity index (χ4n) is 1.89. The molecule has 0 radical (unpaired) electrons. The second-order valence-electron chi connectivity index (χ2n) is 4.09. The third kappa shape index (κ3) is 2.61. The van der Waals surface area contributed by atoms with Gasteiger partial charge in [0.25, 0.3) is 10.0 Å². The maximum atomic E-state index is 12.5. The fourth-order valence-corrected chi connectivity index (χ4v) is 3.77. The molecule has 0 aliphatic carbocycles. The quantitative estimate of drug-likeness (QED) is 0.466. The van der Waals surface area contributed by atoms with Crippen LogP contribution in [0.5, 0.6) is 0 Å². The van der Waals surface area contributed by atoms with E-state index in [1.165, 1.54) is 15.7 Å². The first-order chi connectivity index (χ1) is 10.1. The number of hydrazine groups is 1. The number of aromatic nitrogens is 3. The molecule has 0 spiro atoms. The molecule has 110 valence electrons. The molecule has 0 saturated heterocycles. The molecule has 21 heavy (non-hydrogen) atoms. The first-order valence-electron chi connectivity index (χ1n) is 5.93. The number of pyridine rings is 1. The predicted molar refractivity (Wildman–Crippen MR) is 79.1 cm³/mol. The van der Waals surface area contributed by atoms with Crippen molar-refractivity contribution in [3.63, 3.8) is 0 Å². The fraction of sp³-hybridized carbons (Fsp3) is 0.0909. The molecule has 0 saturated carbocycles. The summed E-state index contributed by atoms with van der Waals surface area (Å²) >= 11 is 1.37. The number of nitrogens with one attached hydrogen (secondary N) is 2. The zero-order chi connectivity index (χ0) is 14.9. The number of hydrogen-bond donors (Lipinski definition) is 3. The summed E-state index contributed by atoms with van der Waals surface area (Å²) in [4.78, 5) is 8.17. The summed E-state index contributed by atoms with van der Waals surface area (Å²) in [6, 6.07) is 5.18. The van der Waals surface area contributed by atoms with Crippen molar-refractivity contribution in [2.45, 2.75) is 11.6 Å². The second-order valence-corrected chi connectivity index (χ2v) is 6.75. The lowest BCUT2D eigenvalue weighted by Crippen LogP contribution is -2.26. The van der Waals surface area contributed by atoms with Crippen molar-refractivity contribution in [2.24, 2.45) is 5.84 Å². The van der Waals surface area contributed by atoms with E-state index < -0.39 is 10.0 Å². The van der Waals surface area contributed by atoms with E-state index in [1.54, 1.807) is 36.0 Å². The summed E-state index contributed by atoms with van der Waals surface area (Å²) in [6.07, 6.45) is 3.23. The minimum Gasteiger partial charge on any atom is -0.306 e. The van der Waals surface area contributed by atoms with Crippen LogP contribution in [0.1, 0.15) is 5.01 Å². The Kier molecular flexibility index (Phi) is 3.59. The van der Waals surface area contributed by atoms with E-state index >= 15 is 0 Å². The Bertz CT molecular complexity index is 856. The van der Waals surface area contributed by atoms with Gasteiger partial charge in [-0.3, -0.25) is 4.40 Å². The van der Waals surface area contributed by atoms with E-state index in [2.05, 4.69) is 20.1 Å². The molecule has 0 aromatic carbocycles. The lowest BCUT2D eigenvalue weighted by Gasteiger charge is -2.07. The average molecular weight is 324 g/mol. The number of nitrogens with two attached hydrogens (primary N) is 1. The van der Waals surface area contributed by atoms with E-state index in [0.29, 0.717) is 10.7 Å². The van der Waals surface area contributed by atoms with Gasteiger partial charge < -0.3 is 5.43 Å². The molecule has 0 aliphatic heterocycles. The summed E-state index contributed by atoms with van der Waals surface area (Å²) < 4.78 is 28.9. The molecular formula is C11H12N6O2S2. The Hall–Kier alpha value is -2.01. The molecule has 0 amide bonds. The molecule has 3 heterocycles. The third-order valence-electron chi connectivity index (χ3n) is 2.77. The van der Waals surface area contributed by atoms with Gasteiger partial charge in [0.1, 0.15) is 10.7 Å². The highest BCUT2D eigenvalue weighted by atomic mass is 32.2. The standard InChI is InChI=1S/C11H12N6O2S2/c12-16-10-11(17-5-2-1-3-8(17)15-10)21(18,19)14-7-9-13-4-6-20-9/h1-6,14,16H,7,12H2. The van der Waals surface area contributed by atoms with Crippen LogP contribution in [0.2, 0.25) is 0 Å². The van der Waals surface area contributed by atoms with Gasteiger partial charge in [-0.25, -0.2) is 29.0 Å². The number of hydrogen-bond acceptors (Lipinski definition) is 7. The van der Waals surface area contributed by atoms with E-state index in [4.69, 9.17) is 5.84 Å². The van der Waals surface area contributed by atoms with Gasteiger partial charge in [-0.05, 0) is 12.1 Å². The summed E-state index contributed by atoms with van der Waals surface area (Å²) in [5, 5.41) is 2.43. The molecule has 8 nitrogen and oxygen atoms in total. The molecule has 0 fully saturated rings. The van der Waals surface area contributed by atoms with Crippen molar-refractivity contribution in [1.29, 1.82) is 0 Å². The third-order valence-corrected chi connectivity index (χ3v) is 4.98. The number of rotatable bonds is 5. The molecule has 10 heteroatoms. The van der Waals surface area contributed by atoms with Crippen LogP contribution in [0.3, 0.4) is 0 Å². The van der Waals surface area contributed by atoms with Crippen LogP contribution < -0.4 is 16.0 Å². The summed E-state index contributed by atoms with van der Waals surface area (Å²) in [5.74, 6) is 5.46. The number of nitrogen functional groups attached to an aromatic ring is 1. The average Bonchev–Trinajstić information content (AvgIpc) is 3.12. The van der Waals surface area contributed by atoms with Crippen molar-refractivity contribution in [3.8, 4) is 0 Å². The molecular weight excluding hydrogens is 312 g/mol. The topological polar surface area (TPSA) is 114 Å². The monoisotopic (exact) mass is 324 g/mol. The first kappa shape index (κ1) is 13.9.